The molecule has 0 nitrogen and oxygen atoms in total. The zero-order valence-corrected chi connectivity index (χ0v) is 9.37. The summed E-state index contributed by atoms with van der Waals surface area (Å²) in [4.78, 5) is 0. The second-order valence-corrected chi connectivity index (χ2v) is 4.01. The van der Waals surface area contributed by atoms with Gasteiger partial charge in [-0.05, 0) is 24.8 Å². The van der Waals surface area contributed by atoms with E-state index >= 15 is 0 Å². The van der Waals surface area contributed by atoms with Gasteiger partial charge in [-0.15, -0.1) is 11.6 Å². The van der Waals surface area contributed by atoms with Crippen molar-refractivity contribution in [3.05, 3.63) is 42.0 Å². The van der Waals surface area contributed by atoms with Crippen LogP contribution in [0.1, 0.15) is 31.7 Å². The lowest BCUT2D eigenvalue weighted by Gasteiger charge is -2.01. The van der Waals surface area contributed by atoms with E-state index in [1.807, 2.05) is 6.07 Å². The third kappa shape index (κ3) is 4.48. The average molecular weight is 209 g/mol. The molecule has 14 heavy (non-hydrogen) atoms. The Morgan fingerprint density at radius 3 is 2.64 bits per heavy atom. The third-order valence-electron chi connectivity index (χ3n) is 2.20. The van der Waals surface area contributed by atoms with Crippen LogP contribution in [0.15, 0.2) is 36.4 Å². The molecule has 0 fully saturated rings. The summed E-state index contributed by atoms with van der Waals surface area (Å²) >= 11 is 6.01. The highest BCUT2D eigenvalue weighted by atomic mass is 35.5. The third-order valence-corrected chi connectivity index (χ3v) is 2.73. The highest BCUT2D eigenvalue weighted by Gasteiger charge is 1.97. The number of halogens is 1. The first-order chi connectivity index (χ1) is 6.83. The molecule has 0 aliphatic rings. The van der Waals surface area contributed by atoms with E-state index in [2.05, 4.69) is 43.3 Å². The van der Waals surface area contributed by atoms with Gasteiger partial charge in [-0.25, -0.2) is 0 Å². The van der Waals surface area contributed by atoms with Crippen LogP contribution in [0.4, 0.5) is 0 Å². The largest absolute Gasteiger partial charge is 0.123 e. The summed E-state index contributed by atoms with van der Waals surface area (Å²) in [5.74, 6) is 0. The maximum atomic E-state index is 6.01. The standard InChI is InChI=1S/C13H17Cl/c1-2-13(14)11-7-6-10-12-8-4-3-5-9-12/h3-6,8-10,13H,2,7,11H2,1H3. The van der Waals surface area contributed by atoms with E-state index in [9.17, 15) is 0 Å². The van der Waals surface area contributed by atoms with Crippen molar-refractivity contribution in [3.8, 4) is 0 Å². The van der Waals surface area contributed by atoms with E-state index in [4.69, 9.17) is 11.6 Å². The Kier molecular flexibility index (Phi) is 5.39. The van der Waals surface area contributed by atoms with E-state index in [1.54, 1.807) is 0 Å². The maximum Gasteiger partial charge on any atom is 0.0336 e. The molecule has 0 N–H and O–H groups in total. The molecule has 1 rings (SSSR count). The molecule has 0 aromatic heterocycles. The van der Waals surface area contributed by atoms with Crippen molar-refractivity contribution in [2.75, 3.05) is 0 Å². The molecule has 0 aliphatic carbocycles. The van der Waals surface area contributed by atoms with Crippen molar-refractivity contribution >= 4 is 17.7 Å². The molecule has 0 heterocycles. The van der Waals surface area contributed by atoms with Gasteiger partial charge in [0.2, 0.25) is 0 Å². The van der Waals surface area contributed by atoms with Crippen molar-refractivity contribution < 1.29 is 0 Å². The zero-order valence-electron chi connectivity index (χ0n) is 8.62. The fraction of sp³-hybridized carbons (Fsp3) is 0.385. The number of allylic oxidation sites excluding steroid dienone is 1. The molecule has 0 amide bonds. The van der Waals surface area contributed by atoms with Crippen molar-refractivity contribution in [2.24, 2.45) is 0 Å². The first-order valence-electron chi connectivity index (χ1n) is 5.18. The Morgan fingerprint density at radius 2 is 2.00 bits per heavy atom. The molecule has 0 saturated heterocycles. The van der Waals surface area contributed by atoms with Crippen LogP contribution >= 0.6 is 11.6 Å². The predicted octanol–water partition coefficient (Wildman–Crippen LogP) is 4.50. The monoisotopic (exact) mass is 208 g/mol. The van der Waals surface area contributed by atoms with Gasteiger partial charge in [0.1, 0.15) is 0 Å². The van der Waals surface area contributed by atoms with Gasteiger partial charge >= 0.3 is 0 Å². The van der Waals surface area contributed by atoms with Crippen molar-refractivity contribution in [1.29, 1.82) is 0 Å². The van der Waals surface area contributed by atoms with Crippen LogP contribution in [0.25, 0.3) is 6.08 Å². The van der Waals surface area contributed by atoms with E-state index in [1.165, 1.54) is 5.56 Å². The van der Waals surface area contributed by atoms with Crippen LogP contribution in [0, 0.1) is 0 Å². The predicted molar refractivity (Wildman–Crippen MR) is 64.6 cm³/mol. The summed E-state index contributed by atoms with van der Waals surface area (Å²) in [6, 6.07) is 10.3. The second kappa shape index (κ2) is 6.67. The van der Waals surface area contributed by atoms with Gasteiger partial charge in [-0.2, -0.15) is 0 Å². The number of hydrogen-bond donors (Lipinski definition) is 0. The lowest BCUT2D eigenvalue weighted by atomic mass is 10.1. The molecule has 1 unspecified atom stereocenters. The minimum atomic E-state index is 0.329. The molecule has 76 valence electrons. The van der Waals surface area contributed by atoms with Crippen LogP contribution in [0.3, 0.4) is 0 Å². The molecule has 0 radical (unpaired) electrons. The normalized spacial score (nSPS) is 13.3. The van der Waals surface area contributed by atoms with Crippen LogP contribution in [-0.2, 0) is 0 Å². The maximum absolute atomic E-state index is 6.01. The molecular formula is C13H17Cl. The van der Waals surface area contributed by atoms with Gasteiger partial charge in [-0.1, -0.05) is 49.4 Å². The molecule has 1 atom stereocenters. The number of benzene rings is 1. The summed E-state index contributed by atoms with van der Waals surface area (Å²) in [6.45, 7) is 2.12. The van der Waals surface area contributed by atoms with Gasteiger partial charge < -0.3 is 0 Å². The first kappa shape index (κ1) is 11.3. The van der Waals surface area contributed by atoms with Crippen LogP contribution in [-0.4, -0.2) is 5.38 Å². The molecule has 0 aliphatic heterocycles. The van der Waals surface area contributed by atoms with E-state index in [0.29, 0.717) is 5.38 Å². The fourth-order valence-electron chi connectivity index (χ4n) is 1.26. The second-order valence-electron chi connectivity index (χ2n) is 3.40. The van der Waals surface area contributed by atoms with Crippen LogP contribution < -0.4 is 0 Å². The highest BCUT2D eigenvalue weighted by Crippen LogP contribution is 2.10. The summed E-state index contributed by atoms with van der Waals surface area (Å²) in [7, 11) is 0. The highest BCUT2D eigenvalue weighted by molar-refractivity contribution is 6.20. The molecular weight excluding hydrogens is 192 g/mol. The number of alkyl halides is 1. The minimum Gasteiger partial charge on any atom is -0.123 e. The molecule has 1 heteroatoms. The summed E-state index contributed by atoms with van der Waals surface area (Å²) in [5, 5.41) is 0.329. The summed E-state index contributed by atoms with van der Waals surface area (Å²) < 4.78 is 0. The van der Waals surface area contributed by atoms with Crippen LogP contribution in [0.2, 0.25) is 0 Å². The zero-order chi connectivity index (χ0) is 10.2. The fourth-order valence-corrected chi connectivity index (χ4v) is 1.39. The smallest absolute Gasteiger partial charge is 0.0336 e. The van der Waals surface area contributed by atoms with E-state index in [0.717, 1.165) is 19.3 Å². The quantitative estimate of drug-likeness (QED) is 0.626. The number of hydrogen-bond acceptors (Lipinski definition) is 0. The Balaban J connectivity index is 2.28. The van der Waals surface area contributed by atoms with Gasteiger partial charge in [0.15, 0.2) is 0 Å². The Bertz CT molecular complexity index is 264. The lowest BCUT2D eigenvalue weighted by Crippen LogP contribution is -1.93. The van der Waals surface area contributed by atoms with Gasteiger partial charge in [0.05, 0.1) is 0 Å². The Labute approximate surface area is 91.6 Å². The van der Waals surface area contributed by atoms with Crippen molar-refractivity contribution in [1.82, 2.24) is 0 Å². The molecule has 1 aromatic carbocycles. The van der Waals surface area contributed by atoms with Crippen molar-refractivity contribution in [2.45, 2.75) is 31.6 Å². The topological polar surface area (TPSA) is 0 Å². The first-order valence-corrected chi connectivity index (χ1v) is 5.62. The van der Waals surface area contributed by atoms with Gasteiger partial charge in [-0.3, -0.25) is 0 Å². The molecule has 0 saturated carbocycles. The summed E-state index contributed by atoms with van der Waals surface area (Å²) in [6.07, 6.45) is 7.54. The van der Waals surface area contributed by atoms with Gasteiger partial charge in [0, 0.05) is 5.38 Å². The molecule has 0 bridgehead atoms. The SMILES string of the molecule is CCC(Cl)CCC=Cc1ccccc1. The molecule has 0 spiro atoms. The Hall–Kier alpha value is -0.750. The molecule has 1 aromatic rings. The lowest BCUT2D eigenvalue weighted by molar-refractivity contribution is 0.740. The van der Waals surface area contributed by atoms with Gasteiger partial charge in [0.25, 0.3) is 0 Å². The van der Waals surface area contributed by atoms with Crippen molar-refractivity contribution in [3.63, 3.8) is 0 Å². The van der Waals surface area contributed by atoms with E-state index < -0.39 is 0 Å². The van der Waals surface area contributed by atoms with E-state index in [-0.39, 0.29) is 0 Å². The minimum absolute atomic E-state index is 0.329. The Morgan fingerprint density at radius 1 is 1.29 bits per heavy atom. The average Bonchev–Trinajstić information content (AvgIpc) is 2.25. The summed E-state index contributed by atoms with van der Waals surface area (Å²) in [5.41, 5.74) is 1.26. The number of rotatable bonds is 5. The van der Waals surface area contributed by atoms with Crippen LogP contribution in [0.5, 0.6) is 0 Å².